The van der Waals surface area contributed by atoms with Crippen LogP contribution in [0.2, 0.25) is 0 Å². The molecule has 4 nitrogen and oxygen atoms in total. The predicted octanol–water partition coefficient (Wildman–Crippen LogP) is 1.19. The summed E-state index contributed by atoms with van der Waals surface area (Å²) in [6.45, 7) is -1.64. The van der Waals surface area contributed by atoms with Gasteiger partial charge in [-0.1, -0.05) is 24.0 Å². The second-order valence-corrected chi connectivity index (χ2v) is 4.09. The number of hydrogen-bond donors (Lipinski definition) is 2. The summed E-state index contributed by atoms with van der Waals surface area (Å²) in [5.74, 6) is 4.94. The number of amides is 1. The van der Waals surface area contributed by atoms with Crippen molar-refractivity contribution in [1.29, 1.82) is 0 Å². The van der Waals surface area contributed by atoms with Gasteiger partial charge in [0.2, 0.25) is 5.91 Å². The van der Waals surface area contributed by atoms with E-state index in [2.05, 4.69) is 21.9 Å². The van der Waals surface area contributed by atoms with Crippen LogP contribution in [0.15, 0.2) is 24.3 Å². The summed E-state index contributed by atoms with van der Waals surface area (Å²) in [4.78, 5) is 11.3. The second-order valence-electron chi connectivity index (χ2n) is 4.09. The average Bonchev–Trinajstić information content (AvgIpc) is 2.42. The van der Waals surface area contributed by atoms with Gasteiger partial charge in [-0.25, -0.2) is 0 Å². The van der Waals surface area contributed by atoms with Gasteiger partial charge in [0.15, 0.2) is 0 Å². The Balaban J connectivity index is 2.39. The van der Waals surface area contributed by atoms with Crippen molar-refractivity contribution in [3.63, 3.8) is 0 Å². The van der Waals surface area contributed by atoms with Crippen LogP contribution in [0, 0.1) is 11.8 Å². The number of nitrogens with one attached hydrogen (secondary N) is 1. The third-order valence-electron chi connectivity index (χ3n) is 2.25. The first-order valence-corrected chi connectivity index (χ1v) is 6.10. The molecule has 0 aliphatic rings. The van der Waals surface area contributed by atoms with Crippen molar-refractivity contribution in [2.75, 3.05) is 19.8 Å². The smallest absolute Gasteiger partial charge is 0.362 e. The molecule has 0 heterocycles. The lowest BCUT2D eigenvalue weighted by Gasteiger charge is -2.08. The summed E-state index contributed by atoms with van der Waals surface area (Å²) in [5, 5.41) is 2.46. The molecular weight excluding hydrogens is 285 g/mol. The maximum absolute atomic E-state index is 11.8. The van der Waals surface area contributed by atoms with Gasteiger partial charge in [-0.2, -0.15) is 13.2 Å². The van der Waals surface area contributed by atoms with Crippen LogP contribution in [-0.4, -0.2) is 31.8 Å². The van der Waals surface area contributed by atoms with Crippen molar-refractivity contribution in [1.82, 2.24) is 5.32 Å². The topological polar surface area (TPSA) is 64.3 Å². The van der Waals surface area contributed by atoms with E-state index in [1.54, 1.807) is 24.3 Å². The normalized spacial score (nSPS) is 10.7. The maximum atomic E-state index is 11.8. The van der Waals surface area contributed by atoms with Crippen LogP contribution >= 0.6 is 0 Å². The minimum Gasteiger partial charge on any atom is -0.362 e. The number of rotatable bonds is 5. The van der Waals surface area contributed by atoms with E-state index in [0.717, 1.165) is 11.1 Å². The highest BCUT2D eigenvalue weighted by Crippen LogP contribution is 2.14. The molecule has 21 heavy (non-hydrogen) atoms. The van der Waals surface area contributed by atoms with E-state index in [1.807, 2.05) is 0 Å². The highest BCUT2D eigenvalue weighted by atomic mass is 19.4. The van der Waals surface area contributed by atoms with Gasteiger partial charge < -0.3 is 15.8 Å². The van der Waals surface area contributed by atoms with Gasteiger partial charge in [-0.3, -0.25) is 4.79 Å². The third kappa shape index (κ3) is 7.97. The molecule has 0 aromatic heterocycles. The molecule has 0 aliphatic heterocycles. The molecule has 0 spiro atoms. The van der Waals surface area contributed by atoms with Crippen LogP contribution in [0.5, 0.6) is 0 Å². The van der Waals surface area contributed by atoms with E-state index in [1.165, 1.54) is 0 Å². The molecule has 0 saturated carbocycles. The number of carbonyl (C=O) groups excluding carboxylic acids is 1. The molecule has 0 atom stereocenters. The molecular formula is C14H15F3N2O2. The summed E-state index contributed by atoms with van der Waals surface area (Å²) in [7, 11) is 0. The minimum atomic E-state index is -4.43. The summed E-state index contributed by atoms with van der Waals surface area (Å²) >= 11 is 0. The zero-order chi connectivity index (χ0) is 15.7. The highest BCUT2D eigenvalue weighted by molar-refractivity contribution is 5.77. The molecule has 0 saturated heterocycles. The monoisotopic (exact) mass is 300 g/mol. The Morgan fingerprint density at radius 3 is 2.81 bits per heavy atom. The van der Waals surface area contributed by atoms with Crippen LogP contribution in [0.3, 0.4) is 0 Å². The summed E-state index contributed by atoms with van der Waals surface area (Å²) in [6.07, 6.45) is -4.43. The van der Waals surface area contributed by atoms with Crippen LogP contribution in [0.25, 0.3) is 0 Å². The standard InChI is InChI=1S/C14H15F3N2O2/c15-14(16,17)10-21-9-13(20)19-8-12-4-1-3-11(7-12)5-2-6-18/h1,3-4,7H,6,8-10,18H2,(H,19,20). The predicted molar refractivity (Wildman–Crippen MR) is 71.1 cm³/mol. The number of benzene rings is 1. The van der Waals surface area contributed by atoms with Crippen molar-refractivity contribution in [2.24, 2.45) is 5.73 Å². The molecule has 114 valence electrons. The first-order chi connectivity index (χ1) is 9.90. The molecule has 0 unspecified atom stereocenters. The van der Waals surface area contributed by atoms with E-state index in [0.29, 0.717) is 0 Å². The fourth-order valence-corrected chi connectivity index (χ4v) is 1.42. The number of alkyl halides is 3. The average molecular weight is 300 g/mol. The lowest BCUT2D eigenvalue weighted by atomic mass is 10.1. The van der Waals surface area contributed by atoms with Crippen LogP contribution < -0.4 is 11.1 Å². The Bertz CT molecular complexity index is 533. The molecule has 1 aromatic rings. The summed E-state index contributed by atoms with van der Waals surface area (Å²) in [5.41, 5.74) is 6.80. The molecule has 7 heteroatoms. The number of nitrogens with two attached hydrogens (primary N) is 1. The largest absolute Gasteiger partial charge is 0.411 e. The third-order valence-corrected chi connectivity index (χ3v) is 2.25. The SMILES string of the molecule is NCC#Cc1cccc(CNC(=O)COCC(F)(F)F)c1. The lowest BCUT2D eigenvalue weighted by Crippen LogP contribution is -2.29. The van der Waals surface area contributed by atoms with Crippen LogP contribution in [0.1, 0.15) is 11.1 Å². The fraction of sp³-hybridized carbons (Fsp3) is 0.357. The lowest BCUT2D eigenvalue weighted by molar-refractivity contribution is -0.175. The van der Waals surface area contributed by atoms with E-state index in [4.69, 9.17) is 5.73 Å². The number of halogens is 3. The molecule has 1 amide bonds. The number of carbonyl (C=O) groups is 1. The molecule has 0 fully saturated rings. The van der Waals surface area contributed by atoms with Gasteiger partial charge >= 0.3 is 6.18 Å². The Kier molecular flexibility index (Phi) is 6.72. The van der Waals surface area contributed by atoms with Crippen molar-refractivity contribution < 1.29 is 22.7 Å². The second kappa shape index (κ2) is 8.29. The fourth-order valence-electron chi connectivity index (χ4n) is 1.42. The molecule has 3 N–H and O–H groups in total. The minimum absolute atomic E-state index is 0.187. The first kappa shape index (κ1) is 17.0. The number of ether oxygens (including phenoxy) is 1. The molecule has 0 bridgehead atoms. The van der Waals surface area contributed by atoms with E-state index in [-0.39, 0.29) is 13.1 Å². The van der Waals surface area contributed by atoms with Crippen molar-refractivity contribution in [3.05, 3.63) is 35.4 Å². The zero-order valence-corrected chi connectivity index (χ0v) is 11.2. The van der Waals surface area contributed by atoms with Crippen LogP contribution in [0.4, 0.5) is 13.2 Å². The van der Waals surface area contributed by atoms with E-state index < -0.39 is 25.3 Å². The van der Waals surface area contributed by atoms with Gasteiger partial charge in [0, 0.05) is 12.1 Å². The van der Waals surface area contributed by atoms with Gasteiger partial charge in [-0.05, 0) is 17.7 Å². The highest BCUT2D eigenvalue weighted by Gasteiger charge is 2.27. The van der Waals surface area contributed by atoms with Crippen LogP contribution in [-0.2, 0) is 16.1 Å². The zero-order valence-electron chi connectivity index (χ0n) is 11.2. The quantitative estimate of drug-likeness (QED) is 0.803. The summed E-state index contributed by atoms with van der Waals surface area (Å²) < 4.78 is 39.7. The Hall–Kier alpha value is -2.04. The molecule has 0 radical (unpaired) electrons. The first-order valence-electron chi connectivity index (χ1n) is 6.10. The van der Waals surface area contributed by atoms with Gasteiger partial charge in [0.25, 0.3) is 0 Å². The van der Waals surface area contributed by atoms with Gasteiger partial charge in [0.05, 0.1) is 6.54 Å². The Morgan fingerprint density at radius 1 is 1.38 bits per heavy atom. The Labute approximate surface area is 120 Å². The molecule has 0 aliphatic carbocycles. The van der Waals surface area contributed by atoms with Gasteiger partial charge in [-0.15, -0.1) is 0 Å². The molecule has 1 rings (SSSR count). The maximum Gasteiger partial charge on any atom is 0.411 e. The van der Waals surface area contributed by atoms with Gasteiger partial charge in [0.1, 0.15) is 13.2 Å². The number of hydrogen-bond acceptors (Lipinski definition) is 3. The molecule has 1 aromatic carbocycles. The van der Waals surface area contributed by atoms with E-state index >= 15 is 0 Å². The van der Waals surface area contributed by atoms with E-state index in [9.17, 15) is 18.0 Å². The van der Waals surface area contributed by atoms with Crippen molar-refractivity contribution >= 4 is 5.91 Å². The Morgan fingerprint density at radius 2 is 2.14 bits per heavy atom. The van der Waals surface area contributed by atoms with Crippen molar-refractivity contribution in [3.8, 4) is 11.8 Å². The summed E-state index contributed by atoms with van der Waals surface area (Å²) in [6, 6.07) is 7.09. The van der Waals surface area contributed by atoms with Crippen molar-refractivity contribution in [2.45, 2.75) is 12.7 Å².